The summed E-state index contributed by atoms with van der Waals surface area (Å²) >= 11 is 1.24. The Balaban J connectivity index is 1.89. The Morgan fingerprint density at radius 2 is 1.57 bits per heavy atom. The zero-order valence-corrected chi connectivity index (χ0v) is 17.0. The van der Waals surface area contributed by atoms with Gasteiger partial charge in [0.2, 0.25) is 5.91 Å². The molecule has 0 saturated heterocycles. The van der Waals surface area contributed by atoms with E-state index >= 15 is 0 Å². The topological polar surface area (TPSA) is 92.8 Å². The van der Waals surface area contributed by atoms with E-state index in [1.807, 2.05) is 6.92 Å². The van der Waals surface area contributed by atoms with Crippen LogP contribution in [-0.4, -0.2) is 28.8 Å². The molecule has 28 heavy (non-hydrogen) atoms. The van der Waals surface area contributed by atoms with Gasteiger partial charge in [0.25, 0.3) is 11.8 Å². The number of nitrogens with one attached hydrogen (secondary N) is 1. The third-order valence-electron chi connectivity index (χ3n) is 4.43. The second kappa shape index (κ2) is 6.87. The number of benzene rings is 1. The number of imide groups is 1. The van der Waals surface area contributed by atoms with Crippen LogP contribution in [0.3, 0.4) is 0 Å². The van der Waals surface area contributed by atoms with Crippen molar-refractivity contribution in [2.45, 2.75) is 34.6 Å². The standard InChI is InChI=1S/C20H20N2O5S/c1-10-11(2)28-15(21-19(26)20(3,4)5)14(10)18(25)27-22-16(23)12-8-6-7-9-13(12)17(22)24/h6-9H,1-5H3,(H,21,26). The number of hydroxylamine groups is 2. The first-order valence-electron chi connectivity index (χ1n) is 8.64. The van der Waals surface area contributed by atoms with E-state index in [1.165, 1.54) is 23.5 Å². The highest BCUT2D eigenvalue weighted by Gasteiger charge is 2.39. The number of aryl methyl sites for hydroxylation is 1. The van der Waals surface area contributed by atoms with Crippen molar-refractivity contribution in [3.05, 3.63) is 51.4 Å². The van der Waals surface area contributed by atoms with Crippen molar-refractivity contribution in [1.29, 1.82) is 0 Å². The molecule has 1 aromatic carbocycles. The Hall–Kier alpha value is -3.00. The Morgan fingerprint density at radius 3 is 2.07 bits per heavy atom. The van der Waals surface area contributed by atoms with E-state index in [4.69, 9.17) is 4.84 Å². The van der Waals surface area contributed by atoms with Gasteiger partial charge in [0.15, 0.2) is 0 Å². The normalized spacial score (nSPS) is 13.5. The summed E-state index contributed by atoms with van der Waals surface area (Å²) in [7, 11) is 0. The van der Waals surface area contributed by atoms with Gasteiger partial charge < -0.3 is 10.2 Å². The average molecular weight is 400 g/mol. The van der Waals surface area contributed by atoms with Gasteiger partial charge in [-0.1, -0.05) is 38.0 Å². The minimum Gasteiger partial charge on any atom is -0.324 e. The first kappa shape index (κ1) is 19.8. The molecule has 0 aliphatic carbocycles. The first-order valence-corrected chi connectivity index (χ1v) is 9.45. The lowest BCUT2D eigenvalue weighted by Gasteiger charge is -2.18. The minimum atomic E-state index is -0.874. The fourth-order valence-corrected chi connectivity index (χ4v) is 3.67. The molecule has 0 radical (unpaired) electrons. The maximum atomic E-state index is 12.8. The zero-order valence-electron chi connectivity index (χ0n) is 16.2. The molecule has 2 heterocycles. The minimum absolute atomic E-state index is 0.136. The van der Waals surface area contributed by atoms with Gasteiger partial charge in [-0.05, 0) is 31.5 Å². The van der Waals surface area contributed by atoms with Crippen molar-refractivity contribution < 1.29 is 24.0 Å². The number of nitrogens with zero attached hydrogens (tertiary/aromatic N) is 1. The summed E-state index contributed by atoms with van der Waals surface area (Å²) in [5.41, 5.74) is 0.460. The van der Waals surface area contributed by atoms with E-state index in [-0.39, 0.29) is 22.6 Å². The van der Waals surface area contributed by atoms with Gasteiger partial charge >= 0.3 is 5.97 Å². The molecule has 1 aliphatic heterocycles. The molecule has 1 N–H and O–H groups in total. The molecule has 8 heteroatoms. The SMILES string of the molecule is Cc1sc(NC(=O)C(C)(C)C)c(C(=O)ON2C(=O)c3ccccc3C2=O)c1C. The number of amides is 3. The number of hydrogen-bond acceptors (Lipinski definition) is 6. The molecular formula is C20H20N2O5S. The van der Waals surface area contributed by atoms with E-state index in [0.29, 0.717) is 15.6 Å². The summed E-state index contributed by atoms with van der Waals surface area (Å²) in [4.78, 5) is 56.0. The largest absolute Gasteiger partial charge is 0.367 e. The highest BCUT2D eigenvalue weighted by atomic mass is 32.1. The summed E-state index contributed by atoms with van der Waals surface area (Å²) in [5.74, 6) is -2.53. The van der Waals surface area contributed by atoms with Gasteiger partial charge in [0.1, 0.15) is 5.00 Å². The Labute approximate surface area is 166 Å². The molecule has 0 atom stereocenters. The van der Waals surface area contributed by atoms with Crippen LogP contribution in [0.5, 0.6) is 0 Å². The van der Waals surface area contributed by atoms with Crippen molar-refractivity contribution in [2.75, 3.05) is 5.32 Å². The Morgan fingerprint density at radius 1 is 1.04 bits per heavy atom. The molecular weight excluding hydrogens is 380 g/mol. The number of hydrogen-bond donors (Lipinski definition) is 1. The number of fused-ring (bicyclic) bond motifs is 1. The average Bonchev–Trinajstić information content (AvgIpc) is 3.03. The number of anilines is 1. The molecule has 1 aliphatic rings. The lowest BCUT2D eigenvalue weighted by Crippen LogP contribution is -2.33. The quantitative estimate of drug-likeness (QED) is 0.793. The van der Waals surface area contributed by atoms with Gasteiger partial charge in [0, 0.05) is 10.3 Å². The summed E-state index contributed by atoms with van der Waals surface area (Å²) in [6.07, 6.45) is 0. The summed E-state index contributed by atoms with van der Waals surface area (Å²) in [6.45, 7) is 8.80. The predicted molar refractivity (Wildman–Crippen MR) is 104 cm³/mol. The van der Waals surface area contributed by atoms with E-state index in [0.717, 1.165) is 4.88 Å². The lowest BCUT2D eigenvalue weighted by atomic mass is 9.96. The third-order valence-corrected chi connectivity index (χ3v) is 5.55. The van der Waals surface area contributed by atoms with Crippen LogP contribution < -0.4 is 5.32 Å². The van der Waals surface area contributed by atoms with Gasteiger partial charge in [-0.2, -0.15) is 0 Å². The van der Waals surface area contributed by atoms with Crippen molar-refractivity contribution in [3.63, 3.8) is 0 Å². The van der Waals surface area contributed by atoms with Crippen LogP contribution in [0.1, 0.15) is 62.3 Å². The summed E-state index contributed by atoms with van der Waals surface area (Å²) < 4.78 is 0. The number of carbonyl (C=O) groups excluding carboxylic acids is 4. The maximum absolute atomic E-state index is 12.8. The number of thiophene rings is 1. The molecule has 2 aromatic rings. The smallest absolute Gasteiger partial charge is 0.324 e. The molecule has 7 nitrogen and oxygen atoms in total. The zero-order chi connectivity index (χ0) is 20.8. The van der Waals surface area contributed by atoms with Gasteiger partial charge in [0.05, 0.1) is 16.7 Å². The van der Waals surface area contributed by atoms with Crippen LogP contribution in [0.15, 0.2) is 24.3 Å². The summed E-state index contributed by atoms with van der Waals surface area (Å²) in [6, 6.07) is 6.25. The van der Waals surface area contributed by atoms with E-state index in [2.05, 4.69) is 5.32 Å². The molecule has 3 rings (SSSR count). The van der Waals surface area contributed by atoms with E-state index < -0.39 is 23.2 Å². The van der Waals surface area contributed by atoms with Crippen LogP contribution in [0.2, 0.25) is 0 Å². The third kappa shape index (κ3) is 3.31. The van der Waals surface area contributed by atoms with Gasteiger partial charge in [-0.25, -0.2) is 4.79 Å². The second-order valence-corrected chi connectivity index (χ2v) is 8.75. The number of carbonyl (C=O) groups is 4. The van der Waals surface area contributed by atoms with Crippen LogP contribution >= 0.6 is 11.3 Å². The van der Waals surface area contributed by atoms with Crippen LogP contribution in [-0.2, 0) is 9.63 Å². The van der Waals surface area contributed by atoms with E-state index in [1.54, 1.807) is 39.8 Å². The summed E-state index contributed by atoms with van der Waals surface area (Å²) in [5, 5.41) is 3.55. The Kier molecular flexibility index (Phi) is 4.84. The molecule has 3 amide bonds. The highest BCUT2D eigenvalue weighted by molar-refractivity contribution is 7.16. The maximum Gasteiger partial charge on any atom is 0.367 e. The van der Waals surface area contributed by atoms with Crippen molar-refractivity contribution in [2.24, 2.45) is 5.41 Å². The second-order valence-electron chi connectivity index (χ2n) is 7.52. The lowest BCUT2D eigenvalue weighted by molar-refractivity contribution is -0.123. The number of rotatable bonds is 3. The van der Waals surface area contributed by atoms with Crippen LogP contribution in [0.25, 0.3) is 0 Å². The molecule has 1 aromatic heterocycles. The molecule has 0 bridgehead atoms. The highest BCUT2D eigenvalue weighted by Crippen LogP contribution is 2.35. The monoisotopic (exact) mass is 400 g/mol. The molecule has 0 unspecified atom stereocenters. The first-order chi connectivity index (χ1) is 13.0. The molecule has 146 valence electrons. The van der Waals surface area contributed by atoms with Crippen LogP contribution in [0, 0.1) is 19.3 Å². The van der Waals surface area contributed by atoms with Crippen molar-refractivity contribution in [3.8, 4) is 0 Å². The molecule has 0 saturated carbocycles. The van der Waals surface area contributed by atoms with Crippen LogP contribution in [0.4, 0.5) is 5.00 Å². The van der Waals surface area contributed by atoms with Crippen molar-refractivity contribution >= 4 is 40.0 Å². The predicted octanol–water partition coefficient (Wildman–Crippen LogP) is 3.72. The Bertz CT molecular complexity index is 981. The van der Waals surface area contributed by atoms with E-state index in [9.17, 15) is 19.2 Å². The fourth-order valence-electron chi connectivity index (χ4n) is 2.63. The van der Waals surface area contributed by atoms with Gasteiger partial charge in [-0.3, -0.25) is 14.4 Å². The molecule has 0 fully saturated rings. The van der Waals surface area contributed by atoms with Crippen molar-refractivity contribution in [1.82, 2.24) is 5.06 Å². The van der Waals surface area contributed by atoms with Gasteiger partial charge in [-0.15, -0.1) is 11.3 Å². The fraction of sp³-hybridized carbons (Fsp3) is 0.300. The molecule has 0 spiro atoms.